The first-order valence-electron chi connectivity index (χ1n) is 15.8. The molecule has 1 atom stereocenters. The molecule has 2 nitrogen and oxygen atoms in total. The summed E-state index contributed by atoms with van der Waals surface area (Å²) in [5.74, 6) is 0. The molecular formula is C38H43N2SnZr. The van der Waals surface area contributed by atoms with Gasteiger partial charge in [-0.3, -0.25) is 0 Å². The van der Waals surface area contributed by atoms with Crippen molar-refractivity contribution in [3.8, 4) is 11.1 Å². The van der Waals surface area contributed by atoms with Crippen molar-refractivity contribution in [2.75, 3.05) is 26.2 Å². The fraction of sp³-hybridized carbons (Fsp3) is 0.263. The molecule has 0 saturated carbocycles. The van der Waals surface area contributed by atoms with Crippen molar-refractivity contribution in [2.24, 2.45) is 0 Å². The Hall–Kier alpha value is -2.04. The summed E-state index contributed by atoms with van der Waals surface area (Å²) in [6.45, 7) is 14.1. The van der Waals surface area contributed by atoms with Crippen molar-refractivity contribution < 1.29 is 18.2 Å². The molecule has 4 aromatic carbocycles. The third kappa shape index (κ3) is 4.99. The van der Waals surface area contributed by atoms with E-state index in [-0.39, 0.29) is 0 Å². The van der Waals surface area contributed by atoms with E-state index in [2.05, 4.69) is 155 Å². The van der Waals surface area contributed by atoms with Gasteiger partial charge in [0.05, 0.1) is 0 Å². The second-order valence-corrected chi connectivity index (χ2v) is 46.1. The fourth-order valence-corrected chi connectivity index (χ4v) is 78.1. The van der Waals surface area contributed by atoms with Crippen LogP contribution in [0.3, 0.4) is 0 Å². The quantitative estimate of drug-likeness (QED) is 0.147. The maximum atomic E-state index is 3.00. The SMILES string of the molecule is CC[N](CC)[Zr]([N](CC)CC)[Sn]([c]1ccccc1)([c]1ccccc1)[CH]1c2ccccc2-c2cccc(C3=CC=CC3)c21. The molecule has 6 rings (SSSR count). The Morgan fingerprint density at radius 1 is 0.619 bits per heavy atom. The predicted molar refractivity (Wildman–Crippen MR) is 179 cm³/mol. The zero-order valence-electron chi connectivity index (χ0n) is 25.6. The van der Waals surface area contributed by atoms with Crippen LogP contribution in [0.2, 0.25) is 0 Å². The molecule has 0 radical (unpaired) electrons. The minimum atomic E-state index is -3.74. The molecule has 0 bridgehead atoms. The first kappa shape index (κ1) is 30.0. The van der Waals surface area contributed by atoms with E-state index < -0.39 is 32.0 Å². The van der Waals surface area contributed by atoms with Crippen LogP contribution >= 0.6 is 0 Å². The Bertz CT molecular complexity index is 1520. The maximum absolute atomic E-state index is 3.74. The molecule has 0 saturated heterocycles. The van der Waals surface area contributed by atoms with Crippen LogP contribution in [-0.4, -0.2) is 45.7 Å². The molecule has 213 valence electrons. The normalized spacial score (nSPS) is 15.7. The van der Waals surface area contributed by atoms with Crippen LogP contribution in [-0.2, 0) is 18.2 Å². The van der Waals surface area contributed by atoms with Gasteiger partial charge in [-0.05, 0) is 0 Å². The van der Waals surface area contributed by atoms with Crippen LogP contribution in [0, 0.1) is 0 Å². The molecule has 0 aromatic heterocycles. The van der Waals surface area contributed by atoms with E-state index in [1.165, 1.54) is 22.3 Å². The Morgan fingerprint density at radius 2 is 1.14 bits per heavy atom. The monoisotopic (exact) mass is 737 g/mol. The third-order valence-corrected chi connectivity index (χ3v) is 65.4. The number of benzene rings is 4. The van der Waals surface area contributed by atoms with Crippen LogP contribution in [0.25, 0.3) is 16.7 Å². The first-order valence-corrected chi connectivity index (χ1v) is 32.1. The molecule has 0 amide bonds. The third-order valence-electron chi connectivity index (χ3n) is 9.44. The van der Waals surface area contributed by atoms with Gasteiger partial charge in [-0.15, -0.1) is 0 Å². The summed E-state index contributed by atoms with van der Waals surface area (Å²) in [5.41, 5.74) is 9.08. The fourth-order valence-electron chi connectivity index (χ4n) is 7.67. The second kappa shape index (κ2) is 13.3. The van der Waals surface area contributed by atoms with E-state index in [1.54, 1.807) is 18.3 Å². The standard InChI is InChI=1S/C18H13.2C6H5.2C4H10N.Sn.Zr/c1-2-7-13(6-1)15-10-5-11-17-16-9-4-3-8-14(16)12-18(15)17;2*1-2-4-6-5-3-1;2*1-3-5-4-2;;/h1-6,8-12H,7H2;2*1-5H;2*3-4H2,1-2H3;;/q;;;2*-1;;+2. The Labute approximate surface area is 261 Å². The zero-order valence-corrected chi connectivity index (χ0v) is 30.9. The van der Waals surface area contributed by atoms with E-state index in [1.807, 2.05) is 0 Å². The first-order chi connectivity index (χ1) is 20.7. The average molecular weight is 738 g/mol. The predicted octanol–water partition coefficient (Wildman–Crippen LogP) is 7.57. The van der Waals surface area contributed by atoms with E-state index in [4.69, 9.17) is 0 Å². The number of hydrogen-bond acceptors (Lipinski definition) is 2. The van der Waals surface area contributed by atoms with Gasteiger partial charge >= 0.3 is 264 Å². The Kier molecular flexibility index (Phi) is 9.51. The summed E-state index contributed by atoms with van der Waals surface area (Å²) in [6.07, 6.45) is 7.97. The number of rotatable bonds is 11. The zero-order chi connectivity index (χ0) is 29.1. The van der Waals surface area contributed by atoms with Gasteiger partial charge in [0, 0.05) is 0 Å². The van der Waals surface area contributed by atoms with Crippen molar-refractivity contribution in [3.63, 3.8) is 0 Å². The number of nitrogens with zero attached hydrogens (tertiary/aromatic N) is 2. The van der Waals surface area contributed by atoms with Crippen molar-refractivity contribution in [1.29, 1.82) is 0 Å². The average Bonchev–Trinajstić information content (AvgIpc) is 3.71. The van der Waals surface area contributed by atoms with Gasteiger partial charge in [0.25, 0.3) is 0 Å². The van der Waals surface area contributed by atoms with Gasteiger partial charge in [-0.2, -0.15) is 0 Å². The molecule has 4 heteroatoms. The molecule has 1 unspecified atom stereocenters. The molecule has 0 N–H and O–H groups in total. The molecule has 2 aliphatic rings. The van der Waals surface area contributed by atoms with Gasteiger partial charge in [-0.1, -0.05) is 0 Å². The van der Waals surface area contributed by atoms with Gasteiger partial charge in [-0.25, -0.2) is 0 Å². The van der Waals surface area contributed by atoms with Gasteiger partial charge < -0.3 is 0 Å². The van der Waals surface area contributed by atoms with Crippen LogP contribution < -0.4 is 7.16 Å². The topological polar surface area (TPSA) is 6.48 Å². The van der Waals surface area contributed by atoms with Crippen LogP contribution in [0.5, 0.6) is 0 Å². The minimum absolute atomic E-state index is 0.420. The number of fused-ring (bicyclic) bond motifs is 3. The summed E-state index contributed by atoms with van der Waals surface area (Å²) >= 11 is -6.37. The van der Waals surface area contributed by atoms with Crippen molar-refractivity contribution in [1.82, 2.24) is 5.69 Å². The molecule has 0 fully saturated rings. The molecule has 2 aliphatic carbocycles. The van der Waals surface area contributed by atoms with Crippen LogP contribution in [0.1, 0.15) is 54.7 Å². The molecule has 0 heterocycles. The van der Waals surface area contributed by atoms with Crippen molar-refractivity contribution in [2.45, 2.75) is 38.0 Å². The molecular weight excluding hydrogens is 694 g/mol. The summed E-state index contributed by atoms with van der Waals surface area (Å²) in [4.78, 5) is 0. The van der Waals surface area contributed by atoms with Crippen molar-refractivity contribution >= 4 is 26.6 Å². The van der Waals surface area contributed by atoms with E-state index in [0.717, 1.165) is 32.6 Å². The van der Waals surface area contributed by atoms with Gasteiger partial charge in [0.1, 0.15) is 0 Å². The molecule has 0 spiro atoms. The summed E-state index contributed by atoms with van der Waals surface area (Å²) in [5, 5.41) is 0. The molecule has 0 aliphatic heterocycles. The van der Waals surface area contributed by atoms with E-state index >= 15 is 0 Å². The summed E-state index contributed by atoms with van der Waals surface area (Å²) in [7, 11) is 0. The van der Waals surface area contributed by atoms with Crippen LogP contribution in [0.15, 0.2) is 121 Å². The molecule has 4 aromatic rings. The number of hydrogen-bond donors (Lipinski definition) is 0. The van der Waals surface area contributed by atoms with Crippen molar-refractivity contribution in [3.05, 3.63) is 138 Å². The van der Waals surface area contributed by atoms with Gasteiger partial charge in [0.2, 0.25) is 0 Å². The molecule has 42 heavy (non-hydrogen) atoms. The summed E-state index contributed by atoms with van der Waals surface area (Å²) < 4.78 is 9.78. The summed E-state index contributed by atoms with van der Waals surface area (Å²) in [6, 6.07) is 40.5. The van der Waals surface area contributed by atoms with Crippen LogP contribution in [0.4, 0.5) is 0 Å². The second-order valence-electron chi connectivity index (χ2n) is 11.3. The Balaban J connectivity index is 1.80. The van der Waals surface area contributed by atoms with E-state index in [9.17, 15) is 0 Å². The number of allylic oxidation sites excluding steroid dienone is 4. The Morgan fingerprint density at radius 3 is 1.69 bits per heavy atom. The van der Waals surface area contributed by atoms with E-state index in [0.29, 0.717) is 3.93 Å². The van der Waals surface area contributed by atoms with Gasteiger partial charge in [0.15, 0.2) is 0 Å².